The zero-order chi connectivity index (χ0) is 21.1. The second kappa shape index (κ2) is 8.11. The summed E-state index contributed by atoms with van der Waals surface area (Å²) in [7, 11) is 0. The molecule has 3 rings (SSSR count). The summed E-state index contributed by atoms with van der Waals surface area (Å²) in [6.07, 6.45) is 3.36. The lowest BCUT2D eigenvalue weighted by atomic mass is 10.0. The number of carbonyl (C=O) groups excluding carboxylic acids is 2. The Hall–Kier alpha value is -3.72. The zero-order valence-corrected chi connectivity index (χ0v) is 16.6. The number of fused-ring (bicyclic) bond motifs is 1. The van der Waals surface area contributed by atoms with E-state index in [0.29, 0.717) is 22.4 Å². The first-order chi connectivity index (χ1) is 13.8. The SMILES string of the molecule is C=C(C)C(=O)OCC(C)n1cc(C#N)c2cc(-c3cc(C(C)=O)ccn3)ccc21. The summed E-state index contributed by atoms with van der Waals surface area (Å²) in [6, 6.07) is 11.2. The summed E-state index contributed by atoms with van der Waals surface area (Å²) < 4.78 is 7.18. The Kier molecular flexibility index (Phi) is 5.60. The molecule has 1 unspecified atom stereocenters. The van der Waals surface area contributed by atoms with E-state index in [4.69, 9.17) is 4.74 Å². The van der Waals surface area contributed by atoms with Gasteiger partial charge in [-0.1, -0.05) is 12.6 Å². The number of rotatable bonds is 6. The molecule has 29 heavy (non-hydrogen) atoms. The quantitative estimate of drug-likeness (QED) is 0.354. The van der Waals surface area contributed by atoms with Crippen molar-refractivity contribution in [3.05, 3.63) is 66.0 Å². The largest absolute Gasteiger partial charge is 0.460 e. The normalized spacial score (nSPS) is 11.7. The summed E-state index contributed by atoms with van der Waals surface area (Å²) in [4.78, 5) is 27.7. The van der Waals surface area contributed by atoms with Gasteiger partial charge in [0.05, 0.1) is 17.3 Å². The predicted octanol–water partition coefficient (Wildman–Crippen LogP) is 4.46. The number of ketones is 1. The minimum Gasteiger partial charge on any atom is -0.460 e. The predicted molar refractivity (Wildman–Crippen MR) is 110 cm³/mol. The van der Waals surface area contributed by atoms with Crippen molar-refractivity contribution in [3.63, 3.8) is 0 Å². The van der Waals surface area contributed by atoms with Gasteiger partial charge in [0, 0.05) is 40.0 Å². The smallest absolute Gasteiger partial charge is 0.333 e. The second-order valence-electron chi connectivity index (χ2n) is 7.01. The lowest BCUT2D eigenvalue weighted by molar-refractivity contribution is -0.139. The van der Waals surface area contributed by atoms with Crippen molar-refractivity contribution < 1.29 is 14.3 Å². The minimum atomic E-state index is -0.437. The van der Waals surface area contributed by atoms with E-state index in [1.807, 2.05) is 29.7 Å². The molecule has 0 aliphatic rings. The molecule has 2 aromatic heterocycles. The molecular weight excluding hydrogens is 366 g/mol. The standard InChI is InChI=1S/C23H21N3O3/c1-14(2)23(28)29-13-15(3)26-12-19(11-24)20-9-18(5-6-22(20)26)21-10-17(16(4)27)7-8-25-21/h5-10,12,15H,1,13H2,2-4H3. The van der Waals surface area contributed by atoms with E-state index in [2.05, 4.69) is 17.6 Å². The molecule has 0 spiro atoms. The van der Waals surface area contributed by atoms with Gasteiger partial charge in [-0.15, -0.1) is 0 Å². The zero-order valence-electron chi connectivity index (χ0n) is 16.6. The van der Waals surface area contributed by atoms with Gasteiger partial charge in [-0.2, -0.15) is 5.26 Å². The second-order valence-corrected chi connectivity index (χ2v) is 7.01. The van der Waals surface area contributed by atoms with Crippen molar-refractivity contribution >= 4 is 22.7 Å². The van der Waals surface area contributed by atoms with E-state index in [0.717, 1.165) is 16.5 Å². The van der Waals surface area contributed by atoms with Gasteiger partial charge in [0.2, 0.25) is 0 Å². The van der Waals surface area contributed by atoms with E-state index in [9.17, 15) is 14.9 Å². The first-order valence-corrected chi connectivity index (χ1v) is 9.16. The number of nitrogens with zero attached hydrogens (tertiary/aromatic N) is 3. The topological polar surface area (TPSA) is 85.0 Å². The minimum absolute atomic E-state index is 0.0308. The monoisotopic (exact) mass is 387 g/mol. The Morgan fingerprint density at radius 2 is 2.03 bits per heavy atom. The maximum absolute atomic E-state index is 11.7. The fraction of sp³-hybridized carbons (Fsp3) is 0.217. The molecule has 6 heteroatoms. The molecule has 0 N–H and O–H groups in total. The number of carbonyl (C=O) groups is 2. The van der Waals surface area contributed by atoms with Crippen LogP contribution in [-0.2, 0) is 9.53 Å². The summed E-state index contributed by atoms with van der Waals surface area (Å²) in [6.45, 7) is 8.77. The van der Waals surface area contributed by atoms with Gasteiger partial charge in [-0.05, 0) is 45.0 Å². The van der Waals surface area contributed by atoms with Gasteiger partial charge in [0.15, 0.2) is 5.78 Å². The van der Waals surface area contributed by atoms with Crippen LogP contribution in [0.25, 0.3) is 22.2 Å². The Bertz CT molecular complexity index is 1170. The Morgan fingerprint density at radius 3 is 2.69 bits per heavy atom. The summed E-state index contributed by atoms with van der Waals surface area (Å²) in [5.41, 5.74) is 3.78. The fourth-order valence-corrected chi connectivity index (χ4v) is 3.08. The number of esters is 1. The van der Waals surface area contributed by atoms with Crippen LogP contribution < -0.4 is 0 Å². The van der Waals surface area contributed by atoms with Crippen LogP contribution in [-0.4, -0.2) is 27.9 Å². The Morgan fingerprint density at radius 1 is 1.28 bits per heavy atom. The van der Waals surface area contributed by atoms with Crippen LogP contribution in [0.3, 0.4) is 0 Å². The Balaban J connectivity index is 1.99. The van der Waals surface area contributed by atoms with Gasteiger partial charge < -0.3 is 9.30 Å². The number of hydrogen-bond donors (Lipinski definition) is 0. The number of aromatic nitrogens is 2. The van der Waals surface area contributed by atoms with E-state index in [-0.39, 0.29) is 18.4 Å². The Labute approximate surface area is 169 Å². The van der Waals surface area contributed by atoms with Crippen LogP contribution in [0, 0.1) is 11.3 Å². The molecule has 6 nitrogen and oxygen atoms in total. The molecule has 1 atom stereocenters. The van der Waals surface area contributed by atoms with Crippen molar-refractivity contribution in [2.45, 2.75) is 26.8 Å². The van der Waals surface area contributed by atoms with Crippen LogP contribution in [0.5, 0.6) is 0 Å². The molecule has 2 heterocycles. The molecule has 3 aromatic rings. The molecule has 0 fully saturated rings. The number of benzene rings is 1. The number of nitriles is 1. The highest BCUT2D eigenvalue weighted by Gasteiger charge is 2.16. The maximum Gasteiger partial charge on any atom is 0.333 e. The number of Topliss-reactive ketones (excluding diaryl/α,β-unsaturated/α-hetero) is 1. The van der Waals surface area contributed by atoms with Gasteiger partial charge in [0.25, 0.3) is 0 Å². The number of pyridine rings is 1. The van der Waals surface area contributed by atoms with Crippen molar-refractivity contribution in [1.82, 2.24) is 9.55 Å². The fourth-order valence-electron chi connectivity index (χ4n) is 3.08. The first-order valence-electron chi connectivity index (χ1n) is 9.16. The van der Waals surface area contributed by atoms with Crippen molar-refractivity contribution in [1.29, 1.82) is 5.26 Å². The van der Waals surface area contributed by atoms with E-state index in [1.165, 1.54) is 6.92 Å². The van der Waals surface area contributed by atoms with Crippen molar-refractivity contribution in [3.8, 4) is 17.3 Å². The van der Waals surface area contributed by atoms with Crippen LogP contribution in [0.15, 0.2) is 54.9 Å². The third kappa shape index (κ3) is 4.09. The van der Waals surface area contributed by atoms with Crippen LogP contribution in [0.1, 0.15) is 42.7 Å². The average molecular weight is 387 g/mol. The van der Waals surface area contributed by atoms with Gasteiger partial charge in [-0.25, -0.2) is 4.79 Å². The molecule has 146 valence electrons. The van der Waals surface area contributed by atoms with E-state index < -0.39 is 5.97 Å². The number of hydrogen-bond acceptors (Lipinski definition) is 5. The summed E-state index contributed by atoms with van der Waals surface area (Å²) in [5, 5.41) is 10.4. The van der Waals surface area contributed by atoms with E-state index in [1.54, 1.807) is 31.5 Å². The number of ether oxygens (including phenoxy) is 1. The lowest BCUT2D eigenvalue weighted by Gasteiger charge is -2.15. The van der Waals surface area contributed by atoms with Gasteiger partial charge in [-0.3, -0.25) is 9.78 Å². The summed E-state index contributed by atoms with van der Waals surface area (Å²) in [5.74, 6) is -0.468. The van der Waals surface area contributed by atoms with Gasteiger partial charge in [0.1, 0.15) is 12.7 Å². The molecular formula is C23H21N3O3. The van der Waals surface area contributed by atoms with Crippen LogP contribution in [0.2, 0.25) is 0 Å². The maximum atomic E-state index is 11.7. The first kappa shape index (κ1) is 20.0. The molecule has 0 radical (unpaired) electrons. The molecule has 0 amide bonds. The van der Waals surface area contributed by atoms with E-state index >= 15 is 0 Å². The molecule has 0 aliphatic carbocycles. The molecule has 0 saturated carbocycles. The molecule has 0 bridgehead atoms. The highest BCUT2D eigenvalue weighted by Crippen LogP contribution is 2.29. The third-order valence-corrected chi connectivity index (χ3v) is 4.69. The highest BCUT2D eigenvalue weighted by molar-refractivity contribution is 5.95. The highest BCUT2D eigenvalue weighted by atomic mass is 16.5. The third-order valence-electron chi connectivity index (χ3n) is 4.69. The average Bonchev–Trinajstić information content (AvgIpc) is 3.09. The molecule has 0 aliphatic heterocycles. The summed E-state index contributed by atoms with van der Waals surface area (Å²) >= 11 is 0. The van der Waals surface area contributed by atoms with Crippen molar-refractivity contribution in [2.75, 3.05) is 6.61 Å². The van der Waals surface area contributed by atoms with Gasteiger partial charge >= 0.3 is 5.97 Å². The van der Waals surface area contributed by atoms with Crippen LogP contribution in [0.4, 0.5) is 0 Å². The molecule has 0 saturated heterocycles. The van der Waals surface area contributed by atoms with Crippen molar-refractivity contribution in [2.24, 2.45) is 0 Å². The molecule has 1 aromatic carbocycles. The van der Waals surface area contributed by atoms with Crippen LogP contribution >= 0.6 is 0 Å². The lowest BCUT2D eigenvalue weighted by Crippen LogP contribution is -2.15.